The van der Waals surface area contributed by atoms with Gasteiger partial charge in [-0.3, -0.25) is 0 Å². The Hall–Kier alpha value is -1.22. The second kappa shape index (κ2) is 5.21. The summed E-state index contributed by atoms with van der Waals surface area (Å²) in [5.41, 5.74) is 0.781. The normalized spacial score (nSPS) is 10.9. The molecule has 0 aliphatic heterocycles. The van der Waals surface area contributed by atoms with Gasteiger partial charge in [0.15, 0.2) is 0 Å². The molecule has 0 aliphatic carbocycles. The molecule has 6 heteroatoms. The molecule has 2 nitrogen and oxygen atoms in total. The van der Waals surface area contributed by atoms with E-state index >= 15 is 0 Å². The van der Waals surface area contributed by atoms with Gasteiger partial charge in [-0.1, -0.05) is 6.07 Å². The van der Waals surface area contributed by atoms with E-state index < -0.39 is 6.36 Å². The fourth-order valence-electron chi connectivity index (χ4n) is 1.11. The predicted molar refractivity (Wildman–Crippen MR) is 54.8 cm³/mol. The van der Waals surface area contributed by atoms with Crippen molar-refractivity contribution in [3.63, 3.8) is 0 Å². The molecule has 0 aliphatic rings. The van der Waals surface area contributed by atoms with Crippen molar-refractivity contribution >= 4 is 15.9 Å². The van der Waals surface area contributed by atoms with Crippen molar-refractivity contribution in [2.45, 2.75) is 19.2 Å². The van der Waals surface area contributed by atoms with Crippen LogP contribution in [0.1, 0.15) is 12.0 Å². The fraction of sp³-hybridized carbons (Fsp3) is 0.300. The number of nitrogens with zero attached hydrogens (tertiary/aromatic N) is 1. The molecule has 1 rings (SSSR count). The summed E-state index contributed by atoms with van der Waals surface area (Å²) in [6.07, 6.45) is -3.87. The third-order valence-electron chi connectivity index (χ3n) is 1.75. The van der Waals surface area contributed by atoms with Crippen molar-refractivity contribution in [1.82, 2.24) is 0 Å². The van der Waals surface area contributed by atoms with E-state index in [0.29, 0.717) is 12.8 Å². The van der Waals surface area contributed by atoms with Gasteiger partial charge in [0.1, 0.15) is 5.75 Å². The Labute approximate surface area is 98.8 Å². The topological polar surface area (TPSA) is 33.0 Å². The predicted octanol–water partition coefficient (Wildman–Crippen LogP) is 3.80. The van der Waals surface area contributed by atoms with Crippen molar-refractivity contribution in [2.75, 3.05) is 0 Å². The number of hydrogen-bond acceptors (Lipinski definition) is 2. The summed E-state index contributed by atoms with van der Waals surface area (Å²) in [7, 11) is 0. The molecule has 0 fully saturated rings. The third kappa shape index (κ3) is 4.11. The highest BCUT2D eigenvalue weighted by Gasteiger charge is 2.31. The average Bonchev–Trinajstić information content (AvgIpc) is 2.17. The molecule has 1 aromatic rings. The van der Waals surface area contributed by atoms with Gasteiger partial charge in [0.05, 0.1) is 10.5 Å². The molecule has 0 saturated carbocycles. The van der Waals surface area contributed by atoms with Gasteiger partial charge in [-0.2, -0.15) is 5.26 Å². The second-order valence-corrected chi connectivity index (χ2v) is 3.83. The first-order valence-electron chi connectivity index (χ1n) is 4.33. The Morgan fingerprint density at radius 2 is 2.06 bits per heavy atom. The summed E-state index contributed by atoms with van der Waals surface area (Å²) < 4.78 is 39.8. The van der Waals surface area contributed by atoms with Crippen LogP contribution >= 0.6 is 15.9 Å². The molecule has 0 N–H and O–H groups in total. The summed E-state index contributed by atoms with van der Waals surface area (Å²) in [5.74, 6) is -0.284. The number of halogens is 4. The molecule has 0 spiro atoms. The van der Waals surface area contributed by atoms with E-state index in [-0.39, 0.29) is 10.2 Å². The Morgan fingerprint density at radius 3 is 2.56 bits per heavy atom. The molecule has 0 atom stereocenters. The minimum Gasteiger partial charge on any atom is -0.405 e. The van der Waals surface area contributed by atoms with E-state index in [4.69, 9.17) is 5.26 Å². The van der Waals surface area contributed by atoms with Crippen molar-refractivity contribution in [3.8, 4) is 11.8 Å². The Morgan fingerprint density at radius 1 is 1.38 bits per heavy atom. The van der Waals surface area contributed by atoms with Gasteiger partial charge in [-0.25, -0.2) is 0 Å². The highest BCUT2D eigenvalue weighted by molar-refractivity contribution is 9.10. The highest BCUT2D eigenvalue weighted by Crippen LogP contribution is 2.31. The van der Waals surface area contributed by atoms with E-state index in [0.717, 1.165) is 5.56 Å². The quantitative estimate of drug-likeness (QED) is 0.849. The minimum atomic E-state index is -4.70. The van der Waals surface area contributed by atoms with Gasteiger partial charge >= 0.3 is 6.36 Å². The van der Waals surface area contributed by atoms with Crippen LogP contribution in [-0.2, 0) is 6.42 Å². The van der Waals surface area contributed by atoms with Crippen LogP contribution in [0.15, 0.2) is 22.7 Å². The smallest absolute Gasteiger partial charge is 0.405 e. The lowest BCUT2D eigenvalue weighted by Gasteiger charge is -2.11. The lowest BCUT2D eigenvalue weighted by Crippen LogP contribution is -2.17. The van der Waals surface area contributed by atoms with Crippen LogP contribution in [0.3, 0.4) is 0 Å². The summed E-state index contributed by atoms with van der Waals surface area (Å²) in [6, 6.07) is 6.20. The van der Waals surface area contributed by atoms with Gasteiger partial charge in [0.2, 0.25) is 0 Å². The van der Waals surface area contributed by atoms with Crippen LogP contribution in [0.2, 0.25) is 0 Å². The monoisotopic (exact) mass is 293 g/mol. The molecule has 0 aromatic heterocycles. The third-order valence-corrected chi connectivity index (χ3v) is 2.37. The van der Waals surface area contributed by atoms with E-state index in [1.165, 1.54) is 18.2 Å². The van der Waals surface area contributed by atoms with Crippen molar-refractivity contribution in [2.24, 2.45) is 0 Å². The Balaban J connectivity index is 2.80. The van der Waals surface area contributed by atoms with Gasteiger partial charge in [0, 0.05) is 6.42 Å². The van der Waals surface area contributed by atoms with E-state index in [1.807, 2.05) is 6.07 Å². The first-order chi connectivity index (χ1) is 7.42. The largest absolute Gasteiger partial charge is 0.573 e. The van der Waals surface area contributed by atoms with Gasteiger partial charge in [-0.05, 0) is 40.0 Å². The number of ether oxygens (including phenoxy) is 1. The Kier molecular flexibility index (Phi) is 4.19. The van der Waals surface area contributed by atoms with Gasteiger partial charge < -0.3 is 4.74 Å². The van der Waals surface area contributed by atoms with Crippen LogP contribution in [0, 0.1) is 11.3 Å². The molecule has 0 bridgehead atoms. The number of aryl methyl sites for hydroxylation is 1. The maximum Gasteiger partial charge on any atom is 0.573 e. The SMILES string of the molecule is N#CCCc1ccc(OC(F)(F)F)c(Br)c1. The van der Waals surface area contributed by atoms with Crippen LogP contribution in [0.25, 0.3) is 0 Å². The highest BCUT2D eigenvalue weighted by atomic mass is 79.9. The Bertz CT molecular complexity index is 412. The van der Waals surface area contributed by atoms with Crippen LogP contribution in [0.5, 0.6) is 5.75 Å². The summed E-state index contributed by atoms with van der Waals surface area (Å²) in [4.78, 5) is 0. The standard InChI is InChI=1S/C10H7BrF3NO/c11-8-6-7(2-1-5-15)3-4-9(8)16-10(12,13)14/h3-4,6H,1-2H2. The molecule has 0 saturated heterocycles. The molecule has 0 radical (unpaired) electrons. The zero-order valence-corrected chi connectivity index (χ0v) is 9.60. The number of benzene rings is 1. The van der Waals surface area contributed by atoms with E-state index in [1.54, 1.807) is 0 Å². The van der Waals surface area contributed by atoms with Crippen molar-refractivity contribution in [3.05, 3.63) is 28.2 Å². The number of hydrogen-bond donors (Lipinski definition) is 0. The average molecular weight is 294 g/mol. The van der Waals surface area contributed by atoms with E-state index in [9.17, 15) is 13.2 Å². The molecular weight excluding hydrogens is 287 g/mol. The lowest BCUT2D eigenvalue weighted by atomic mass is 10.1. The molecule has 86 valence electrons. The number of rotatable bonds is 3. The number of alkyl halides is 3. The van der Waals surface area contributed by atoms with Gasteiger partial charge in [-0.15, -0.1) is 13.2 Å². The zero-order chi connectivity index (χ0) is 12.2. The summed E-state index contributed by atoms with van der Waals surface area (Å²) in [6.45, 7) is 0. The van der Waals surface area contributed by atoms with Crippen molar-refractivity contribution in [1.29, 1.82) is 5.26 Å². The molecular formula is C10H7BrF3NO. The molecule has 0 heterocycles. The first-order valence-corrected chi connectivity index (χ1v) is 5.13. The molecule has 16 heavy (non-hydrogen) atoms. The summed E-state index contributed by atoms with van der Waals surface area (Å²) in [5, 5.41) is 8.37. The fourth-order valence-corrected chi connectivity index (χ4v) is 1.61. The van der Waals surface area contributed by atoms with Gasteiger partial charge in [0.25, 0.3) is 0 Å². The van der Waals surface area contributed by atoms with Crippen LogP contribution < -0.4 is 4.74 Å². The van der Waals surface area contributed by atoms with Crippen LogP contribution in [0.4, 0.5) is 13.2 Å². The molecule has 0 unspecified atom stereocenters. The van der Waals surface area contributed by atoms with Crippen molar-refractivity contribution < 1.29 is 17.9 Å². The summed E-state index contributed by atoms with van der Waals surface area (Å²) >= 11 is 2.98. The first kappa shape index (κ1) is 12.8. The minimum absolute atomic E-state index is 0.222. The van der Waals surface area contributed by atoms with Crippen LogP contribution in [-0.4, -0.2) is 6.36 Å². The maximum absolute atomic E-state index is 11.9. The molecule has 0 amide bonds. The van der Waals surface area contributed by atoms with E-state index in [2.05, 4.69) is 20.7 Å². The lowest BCUT2D eigenvalue weighted by molar-refractivity contribution is -0.274. The number of nitriles is 1. The molecule has 1 aromatic carbocycles. The zero-order valence-electron chi connectivity index (χ0n) is 8.01. The maximum atomic E-state index is 11.9. The second-order valence-electron chi connectivity index (χ2n) is 2.97.